The van der Waals surface area contributed by atoms with E-state index in [4.69, 9.17) is 30.5 Å². The van der Waals surface area contributed by atoms with Crippen LogP contribution in [0.2, 0.25) is 0 Å². The zero-order valence-corrected chi connectivity index (χ0v) is 18.6. The van der Waals surface area contributed by atoms with Crippen LogP contribution < -0.4 is 0 Å². The smallest absolute Gasteiger partial charge is 0.202 e. The van der Waals surface area contributed by atoms with E-state index in [-0.39, 0.29) is 25.4 Å². The van der Waals surface area contributed by atoms with Crippen molar-refractivity contribution in [3.05, 3.63) is 71.3 Å². The van der Waals surface area contributed by atoms with E-state index in [1.54, 1.807) is 12.1 Å². The van der Waals surface area contributed by atoms with Crippen LogP contribution in [0.4, 0.5) is 0 Å². The van der Waals surface area contributed by atoms with Crippen LogP contribution in [0.15, 0.2) is 54.6 Å². The normalized spacial score (nSPS) is 33.8. The lowest BCUT2D eigenvalue weighted by molar-refractivity contribution is -0.265. The fourth-order valence-corrected chi connectivity index (χ4v) is 4.53. The molecule has 0 saturated carbocycles. The average Bonchev–Trinajstić information content (AvgIpc) is 3.32. The average molecular weight is 465 g/mol. The maximum Gasteiger partial charge on any atom is 0.202 e. The number of hydrogen-bond acceptors (Lipinski definition) is 7. The molecule has 6 atom stereocenters. The zero-order chi connectivity index (χ0) is 22.8. The summed E-state index contributed by atoms with van der Waals surface area (Å²) in [6.45, 7) is 0.971. The van der Waals surface area contributed by atoms with E-state index >= 15 is 0 Å². The molecule has 7 nitrogen and oxygen atoms in total. The van der Waals surface area contributed by atoms with Gasteiger partial charge in [0.15, 0.2) is 5.60 Å². The van der Waals surface area contributed by atoms with E-state index in [0.717, 1.165) is 17.5 Å². The molecule has 0 radical (unpaired) electrons. The molecule has 8 heteroatoms. The van der Waals surface area contributed by atoms with Gasteiger partial charge in [-0.15, -0.1) is 0 Å². The molecule has 2 aliphatic rings. The first kappa shape index (κ1) is 23.6. The Labute approximate surface area is 192 Å². The monoisotopic (exact) mass is 464 g/mol. The van der Waals surface area contributed by atoms with E-state index < -0.39 is 22.9 Å². The van der Waals surface area contributed by atoms with Crippen molar-refractivity contribution in [1.82, 2.24) is 0 Å². The quantitative estimate of drug-likeness (QED) is 0.540. The zero-order valence-electron chi connectivity index (χ0n) is 17.9. The van der Waals surface area contributed by atoms with Crippen LogP contribution in [-0.4, -0.2) is 72.2 Å². The molecule has 2 heterocycles. The van der Waals surface area contributed by atoms with Crippen LogP contribution in [0.25, 0.3) is 0 Å². The van der Waals surface area contributed by atoms with Crippen molar-refractivity contribution in [2.45, 2.75) is 41.5 Å². The third kappa shape index (κ3) is 4.44. The second-order valence-corrected chi connectivity index (χ2v) is 8.89. The molecule has 0 aromatic heterocycles. The summed E-state index contributed by atoms with van der Waals surface area (Å²) in [4.78, 5) is 0. The molecule has 0 aliphatic carbocycles. The van der Waals surface area contributed by atoms with Gasteiger partial charge in [0, 0.05) is 13.7 Å². The number of aliphatic hydroxyl groups is 3. The van der Waals surface area contributed by atoms with Gasteiger partial charge in [-0.25, -0.2) is 0 Å². The second kappa shape index (κ2) is 9.75. The summed E-state index contributed by atoms with van der Waals surface area (Å²) < 4.78 is 22.4. The summed E-state index contributed by atoms with van der Waals surface area (Å²) in [5, 5.41) is 30.2. The minimum Gasteiger partial charge on any atom is -0.386 e. The third-order valence-electron chi connectivity index (χ3n) is 6.17. The summed E-state index contributed by atoms with van der Waals surface area (Å²) in [5.41, 5.74) is 0.186. The first-order chi connectivity index (χ1) is 15.4. The van der Waals surface area contributed by atoms with Crippen molar-refractivity contribution < 1.29 is 34.3 Å². The molecule has 4 rings (SSSR count). The fraction of sp³-hybridized carbons (Fsp3) is 0.500. The molecule has 32 heavy (non-hydrogen) atoms. The SMILES string of the molecule is COCC1OCC(O)(c2ccc(C(O[C@H]3CCOC3)c3ccccc3)cc2)C(O)(Cl)C1O. The number of ether oxygens (including phenoxy) is 4. The molecule has 2 aromatic carbocycles. The highest BCUT2D eigenvalue weighted by atomic mass is 35.5. The van der Waals surface area contributed by atoms with Gasteiger partial charge in [0.1, 0.15) is 18.3 Å². The van der Waals surface area contributed by atoms with Gasteiger partial charge in [0.2, 0.25) is 5.06 Å². The molecule has 3 N–H and O–H groups in total. The summed E-state index contributed by atoms with van der Waals surface area (Å²) in [7, 11) is 1.45. The summed E-state index contributed by atoms with van der Waals surface area (Å²) in [5.74, 6) is 0. The van der Waals surface area contributed by atoms with Gasteiger partial charge in [-0.05, 0) is 23.1 Å². The van der Waals surface area contributed by atoms with Crippen LogP contribution in [0.1, 0.15) is 29.2 Å². The highest BCUT2D eigenvalue weighted by molar-refractivity contribution is 6.24. The Morgan fingerprint density at radius 3 is 2.41 bits per heavy atom. The van der Waals surface area contributed by atoms with Crippen molar-refractivity contribution >= 4 is 11.6 Å². The van der Waals surface area contributed by atoms with Gasteiger partial charge in [0.05, 0.1) is 25.9 Å². The predicted octanol–water partition coefficient (Wildman–Crippen LogP) is 2.10. The van der Waals surface area contributed by atoms with Crippen LogP contribution in [0.3, 0.4) is 0 Å². The Bertz CT molecular complexity index is 870. The van der Waals surface area contributed by atoms with Gasteiger partial charge < -0.3 is 34.3 Å². The van der Waals surface area contributed by atoms with Crippen LogP contribution in [-0.2, 0) is 24.5 Å². The maximum absolute atomic E-state index is 11.2. The number of benzene rings is 2. The summed E-state index contributed by atoms with van der Waals surface area (Å²) in [6, 6.07) is 16.8. The number of rotatable bonds is 7. The van der Waals surface area contributed by atoms with Gasteiger partial charge >= 0.3 is 0 Å². The number of methoxy groups -OCH3 is 1. The molecule has 174 valence electrons. The summed E-state index contributed by atoms with van der Waals surface area (Å²) >= 11 is 6.29. The van der Waals surface area contributed by atoms with Crippen molar-refractivity contribution in [2.75, 3.05) is 33.5 Å². The lowest BCUT2D eigenvalue weighted by Crippen LogP contribution is -2.66. The molecule has 2 aliphatic heterocycles. The van der Waals surface area contributed by atoms with Crippen molar-refractivity contribution in [1.29, 1.82) is 0 Å². The van der Waals surface area contributed by atoms with Crippen molar-refractivity contribution in [3.8, 4) is 0 Å². The third-order valence-corrected chi connectivity index (χ3v) is 6.71. The lowest BCUT2D eigenvalue weighted by atomic mass is 9.81. The first-order valence-electron chi connectivity index (χ1n) is 10.7. The van der Waals surface area contributed by atoms with E-state index in [9.17, 15) is 15.3 Å². The van der Waals surface area contributed by atoms with E-state index in [2.05, 4.69) is 0 Å². The Morgan fingerprint density at radius 2 is 1.78 bits per heavy atom. The number of halogens is 1. The van der Waals surface area contributed by atoms with E-state index in [0.29, 0.717) is 18.8 Å². The number of alkyl halides is 1. The topological polar surface area (TPSA) is 97.6 Å². The molecule has 0 spiro atoms. The Hall–Kier alpha value is -1.55. The van der Waals surface area contributed by atoms with Crippen LogP contribution >= 0.6 is 11.6 Å². The summed E-state index contributed by atoms with van der Waals surface area (Å²) in [6.07, 6.45) is -1.90. The molecule has 0 amide bonds. The van der Waals surface area contributed by atoms with Gasteiger partial charge in [-0.2, -0.15) is 0 Å². The van der Waals surface area contributed by atoms with Crippen LogP contribution in [0.5, 0.6) is 0 Å². The molecule has 2 aromatic rings. The largest absolute Gasteiger partial charge is 0.386 e. The standard InChI is InChI=1S/C24H29ClO7/c1-29-14-20-22(26)24(25,28)23(27,15-31-20)18-9-7-17(8-10-18)21(16-5-3-2-4-6-16)32-19-11-12-30-13-19/h2-10,19-22,26-28H,11-15H2,1H3/t19-,20?,21?,22?,23?,24?/m0/s1. The van der Waals surface area contributed by atoms with Gasteiger partial charge in [-0.3, -0.25) is 0 Å². The second-order valence-electron chi connectivity index (χ2n) is 8.32. The fourth-order valence-electron chi connectivity index (χ4n) is 4.22. The highest BCUT2D eigenvalue weighted by Gasteiger charge is 2.60. The minimum atomic E-state index is -2.35. The van der Waals surface area contributed by atoms with Gasteiger partial charge in [-0.1, -0.05) is 66.2 Å². The van der Waals surface area contributed by atoms with Crippen LogP contribution in [0, 0.1) is 0 Å². The van der Waals surface area contributed by atoms with E-state index in [1.807, 2.05) is 42.5 Å². The number of aliphatic hydroxyl groups excluding tert-OH is 1. The van der Waals surface area contributed by atoms with Gasteiger partial charge in [0.25, 0.3) is 0 Å². The Balaban J connectivity index is 1.60. The molecular weight excluding hydrogens is 436 g/mol. The molecule has 2 saturated heterocycles. The van der Waals surface area contributed by atoms with Crippen molar-refractivity contribution in [2.24, 2.45) is 0 Å². The highest BCUT2D eigenvalue weighted by Crippen LogP contribution is 2.44. The van der Waals surface area contributed by atoms with Crippen molar-refractivity contribution in [3.63, 3.8) is 0 Å². The minimum absolute atomic E-state index is 0.00314. The Morgan fingerprint density at radius 1 is 1.09 bits per heavy atom. The van der Waals surface area contributed by atoms with E-state index in [1.165, 1.54) is 7.11 Å². The number of hydrogen-bond donors (Lipinski definition) is 3. The molecular formula is C24H29ClO7. The predicted molar refractivity (Wildman–Crippen MR) is 117 cm³/mol. The first-order valence-corrected chi connectivity index (χ1v) is 11.1. The maximum atomic E-state index is 11.2. The lowest BCUT2D eigenvalue weighted by Gasteiger charge is -2.48. The Kier molecular flexibility index (Phi) is 7.19. The molecule has 5 unspecified atom stereocenters. The molecule has 0 bridgehead atoms. The molecule has 2 fully saturated rings.